The quantitative estimate of drug-likeness (QED) is 0.869. The van der Waals surface area contributed by atoms with E-state index in [9.17, 15) is 4.79 Å². The summed E-state index contributed by atoms with van der Waals surface area (Å²) >= 11 is 0. The highest BCUT2D eigenvalue weighted by Gasteiger charge is 2.31. The zero-order valence-corrected chi connectivity index (χ0v) is 14.3. The van der Waals surface area contributed by atoms with Crippen molar-refractivity contribution in [3.8, 4) is 0 Å². The highest BCUT2D eigenvalue weighted by atomic mass is 16.2. The summed E-state index contributed by atoms with van der Waals surface area (Å²) in [5.41, 5.74) is 0. The molecule has 0 bridgehead atoms. The molecule has 122 valence electrons. The van der Waals surface area contributed by atoms with E-state index in [1.54, 1.807) is 4.90 Å². The van der Waals surface area contributed by atoms with Gasteiger partial charge in [-0.05, 0) is 37.5 Å². The number of likely N-dealkylation sites (tertiary alicyclic amines) is 1. The molecule has 0 aromatic rings. The lowest BCUT2D eigenvalue weighted by atomic mass is 9.77. The van der Waals surface area contributed by atoms with Gasteiger partial charge in [-0.1, -0.05) is 26.7 Å². The molecule has 1 saturated carbocycles. The van der Waals surface area contributed by atoms with Crippen LogP contribution in [0.25, 0.3) is 0 Å². The van der Waals surface area contributed by atoms with Crippen LogP contribution < -0.4 is 5.32 Å². The fourth-order valence-electron chi connectivity index (χ4n) is 3.99. The first-order chi connectivity index (χ1) is 9.99. The molecular weight excluding hydrogens is 262 g/mol. The summed E-state index contributed by atoms with van der Waals surface area (Å²) in [7, 11) is 3.67. The fraction of sp³-hybridized carbons (Fsp3) is 0.941. The SMILES string of the molecule is CC(C)C1CCCCC1NC1CCN(C(=O)N(C)C)CC1. The number of hydrogen-bond acceptors (Lipinski definition) is 2. The molecule has 0 aromatic heterocycles. The Kier molecular flexibility index (Phi) is 5.91. The molecule has 2 rings (SSSR count). The van der Waals surface area contributed by atoms with Crippen molar-refractivity contribution in [2.24, 2.45) is 11.8 Å². The summed E-state index contributed by atoms with van der Waals surface area (Å²) in [5, 5.41) is 3.93. The molecule has 1 aliphatic heterocycles. The lowest BCUT2D eigenvalue weighted by Gasteiger charge is -2.40. The molecule has 2 fully saturated rings. The van der Waals surface area contributed by atoms with Crippen LogP contribution in [-0.4, -0.2) is 55.1 Å². The van der Waals surface area contributed by atoms with Crippen molar-refractivity contribution in [3.63, 3.8) is 0 Å². The van der Waals surface area contributed by atoms with Crippen molar-refractivity contribution < 1.29 is 4.79 Å². The van der Waals surface area contributed by atoms with E-state index in [0.29, 0.717) is 12.1 Å². The Hall–Kier alpha value is -0.770. The van der Waals surface area contributed by atoms with E-state index in [-0.39, 0.29) is 6.03 Å². The van der Waals surface area contributed by atoms with Gasteiger partial charge in [0.2, 0.25) is 0 Å². The van der Waals surface area contributed by atoms with E-state index < -0.39 is 0 Å². The van der Waals surface area contributed by atoms with Crippen LogP contribution in [0.5, 0.6) is 0 Å². The third-order valence-corrected chi connectivity index (χ3v) is 5.27. The minimum Gasteiger partial charge on any atom is -0.331 e. The first-order valence-corrected chi connectivity index (χ1v) is 8.71. The van der Waals surface area contributed by atoms with E-state index in [0.717, 1.165) is 37.8 Å². The molecule has 1 N–H and O–H groups in total. The second-order valence-corrected chi connectivity index (χ2v) is 7.40. The van der Waals surface area contributed by atoms with Crippen LogP contribution in [0.1, 0.15) is 52.4 Å². The number of nitrogens with one attached hydrogen (secondary N) is 1. The van der Waals surface area contributed by atoms with E-state index in [1.165, 1.54) is 25.7 Å². The number of urea groups is 1. The number of piperidine rings is 1. The first kappa shape index (κ1) is 16.6. The Bertz CT molecular complexity index is 335. The van der Waals surface area contributed by atoms with Crippen molar-refractivity contribution in [2.75, 3.05) is 27.2 Å². The van der Waals surface area contributed by atoms with Crippen molar-refractivity contribution in [1.29, 1.82) is 0 Å². The highest BCUT2D eigenvalue weighted by molar-refractivity contribution is 5.73. The van der Waals surface area contributed by atoms with E-state index >= 15 is 0 Å². The van der Waals surface area contributed by atoms with Crippen LogP contribution in [0.2, 0.25) is 0 Å². The maximum atomic E-state index is 12.0. The summed E-state index contributed by atoms with van der Waals surface area (Å²) < 4.78 is 0. The predicted octanol–water partition coefficient (Wildman–Crippen LogP) is 2.94. The largest absolute Gasteiger partial charge is 0.331 e. The molecule has 1 heterocycles. The number of carbonyl (C=O) groups is 1. The summed E-state index contributed by atoms with van der Waals surface area (Å²) in [6.45, 7) is 6.52. The number of rotatable bonds is 3. The highest BCUT2D eigenvalue weighted by Crippen LogP contribution is 2.31. The topological polar surface area (TPSA) is 35.6 Å². The third-order valence-electron chi connectivity index (χ3n) is 5.27. The van der Waals surface area contributed by atoms with Gasteiger partial charge in [-0.2, -0.15) is 0 Å². The van der Waals surface area contributed by atoms with Gasteiger partial charge in [0.25, 0.3) is 0 Å². The van der Waals surface area contributed by atoms with Gasteiger partial charge in [0.05, 0.1) is 0 Å². The van der Waals surface area contributed by atoms with Crippen LogP contribution in [0.3, 0.4) is 0 Å². The molecule has 2 atom stereocenters. The zero-order valence-electron chi connectivity index (χ0n) is 14.3. The molecule has 1 aliphatic carbocycles. The van der Waals surface area contributed by atoms with E-state index in [1.807, 2.05) is 19.0 Å². The van der Waals surface area contributed by atoms with Crippen molar-refractivity contribution in [3.05, 3.63) is 0 Å². The first-order valence-electron chi connectivity index (χ1n) is 8.71. The van der Waals surface area contributed by atoms with Crippen LogP contribution >= 0.6 is 0 Å². The normalized spacial score (nSPS) is 28.0. The third kappa shape index (κ3) is 4.35. The van der Waals surface area contributed by atoms with Gasteiger partial charge in [0.1, 0.15) is 0 Å². The van der Waals surface area contributed by atoms with Gasteiger partial charge in [-0.25, -0.2) is 4.79 Å². The molecule has 1 saturated heterocycles. The van der Waals surface area contributed by atoms with Crippen molar-refractivity contribution in [2.45, 2.75) is 64.5 Å². The molecule has 0 radical (unpaired) electrons. The van der Waals surface area contributed by atoms with E-state index in [4.69, 9.17) is 0 Å². The van der Waals surface area contributed by atoms with Crippen LogP contribution in [0.4, 0.5) is 4.79 Å². The summed E-state index contributed by atoms with van der Waals surface area (Å²) in [6, 6.07) is 1.45. The number of nitrogens with zero attached hydrogens (tertiary/aromatic N) is 2. The maximum absolute atomic E-state index is 12.0. The molecule has 2 unspecified atom stereocenters. The lowest BCUT2D eigenvalue weighted by molar-refractivity contribution is 0.137. The van der Waals surface area contributed by atoms with Gasteiger partial charge in [0, 0.05) is 39.3 Å². The smallest absolute Gasteiger partial charge is 0.319 e. The maximum Gasteiger partial charge on any atom is 0.319 e. The molecule has 2 amide bonds. The summed E-state index contributed by atoms with van der Waals surface area (Å²) in [6.07, 6.45) is 7.68. The second kappa shape index (κ2) is 7.48. The van der Waals surface area contributed by atoms with Gasteiger partial charge >= 0.3 is 6.03 Å². The minimum atomic E-state index is 0.158. The van der Waals surface area contributed by atoms with Gasteiger partial charge < -0.3 is 15.1 Å². The number of hydrogen-bond donors (Lipinski definition) is 1. The monoisotopic (exact) mass is 295 g/mol. The van der Waals surface area contributed by atoms with Gasteiger partial charge in [-0.3, -0.25) is 0 Å². The minimum absolute atomic E-state index is 0.158. The Labute approximate surface area is 130 Å². The standard InChI is InChI=1S/C17H33N3O/c1-13(2)15-7-5-6-8-16(15)18-14-9-11-20(12-10-14)17(21)19(3)4/h13-16,18H,5-12H2,1-4H3. The molecule has 4 heteroatoms. The summed E-state index contributed by atoms with van der Waals surface area (Å²) in [4.78, 5) is 15.6. The van der Waals surface area contributed by atoms with Gasteiger partial charge in [-0.15, -0.1) is 0 Å². The molecule has 4 nitrogen and oxygen atoms in total. The molecule has 0 aromatic carbocycles. The second-order valence-electron chi connectivity index (χ2n) is 7.40. The average molecular weight is 295 g/mol. The Morgan fingerprint density at radius 3 is 2.29 bits per heavy atom. The molecule has 2 aliphatic rings. The van der Waals surface area contributed by atoms with Crippen LogP contribution in [-0.2, 0) is 0 Å². The van der Waals surface area contributed by atoms with Crippen LogP contribution in [0, 0.1) is 11.8 Å². The molecular formula is C17H33N3O. The Balaban J connectivity index is 1.81. The molecule has 0 spiro atoms. The van der Waals surface area contributed by atoms with Crippen molar-refractivity contribution in [1.82, 2.24) is 15.1 Å². The predicted molar refractivity (Wildman–Crippen MR) is 87.4 cm³/mol. The Morgan fingerprint density at radius 2 is 1.71 bits per heavy atom. The number of amides is 2. The van der Waals surface area contributed by atoms with E-state index in [2.05, 4.69) is 19.2 Å². The summed E-state index contributed by atoms with van der Waals surface area (Å²) in [5.74, 6) is 1.61. The Morgan fingerprint density at radius 1 is 1.10 bits per heavy atom. The average Bonchev–Trinajstić information content (AvgIpc) is 2.47. The molecule has 21 heavy (non-hydrogen) atoms. The zero-order chi connectivity index (χ0) is 15.4. The number of carbonyl (C=O) groups excluding carboxylic acids is 1. The van der Waals surface area contributed by atoms with Crippen molar-refractivity contribution >= 4 is 6.03 Å². The lowest BCUT2D eigenvalue weighted by Crippen LogP contribution is -2.52. The van der Waals surface area contributed by atoms with Gasteiger partial charge in [0.15, 0.2) is 0 Å². The fourth-order valence-corrected chi connectivity index (χ4v) is 3.99. The van der Waals surface area contributed by atoms with Crippen LogP contribution in [0.15, 0.2) is 0 Å².